The zero-order valence-electron chi connectivity index (χ0n) is 15.8. The summed E-state index contributed by atoms with van der Waals surface area (Å²) < 4.78 is 0. The average Bonchev–Trinajstić information content (AvgIpc) is 3.29. The van der Waals surface area contributed by atoms with E-state index in [2.05, 4.69) is 15.4 Å². The second-order valence-corrected chi connectivity index (χ2v) is 7.88. The monoisotopic (exact) mass is 452 g/mol. The van der Waals surface area contributed by atoms with Crippen molar-refractivity contribution >= 4 is 68.8 Å². The number of nitrogens with one attached hydrogen (secondary N) is 2. The van der Waals surface area contributed by atoms with Crippen LogP contribution < -0.4 is 10.4 Å². The van der Waals surface area contributed by atoms with Crippen molar-refractivity contribution in [3.63, 3.8) is 0 Å². The molecule has 0 aliphatic carbocycles. The Morgan fingerprint density at radius 2 is 1.97 bits per heavy atom. The van der Waals surface area contributed by atoms with Gasteiger partial charge in [-0.1, -0.05) is 41.4 Å². The molecule has 0 spiro atoms. The van der Waals surface area contributed by atoms with Gasteiger partial charge in [0.1, 0.15) is 5.69 Å². The van der Waals surface area contributed by atoms with Crippen molar-refractivity contribution in [3.8, 4) is 0 Å². The fourth-order valence-corrected chi connectivity index (χ4v) is 4.29. The molecule has 154 valence electrons. The number of carboxylic acid groups (broad SMARTS) is 1. The fourth-order valence-electron chi connectivity index (χ4n) is 3.69. The van der Waals surface area contributed by atoms with Crippen LogP contribution in [0.2, 0.25) is 10.0 Å². The Bertz CT molecular complexity index is 1430. The molecule has 1 fully saturated rings. The number of fused-ring (bicyclic) bond motifs is 2. The standard InChI is InChI=1S/C22H14Cl2N4O3/c23-13-8-15(24)19-14(20(22(30)31)27-17(19)9-13)7-12-10-25-28(21(12)29)18-6-5-11-3-1-2-4-16(11)26-18/h1-9,25,27H,10H2,(H,30,31). The number of aromatic nitrogens is 2. The van der Waals surface area contributed by atoms with Gasteiger partial charge in [-0.25, -0.2) is 20.2 Å². The number of rotatable bonds is 3. The normalized spacial score (nSPS) is 15.5. The summed E-state index contributed by atoms with van der Waals surface area (Å²) in [5.41, 5.74) is 4.89. The molecule has 3 N–H and O–H groups in total. The Kier molecular flexibility index (Phi) is 4.66. The number of halogens is 2. The van der Waals surface area contributed by atoms with E-state index in [4.69, 9.17) is 23.2 Å². The smallest absolute Gasteiger partial charge is 0.352 e. The first-order valence-corrected chi connectivity index (χ1v) is 10.1. The van der Waals surface area contributed by atoms with Crippen molar-refractivity contribution < 1.29 is 14.7 Å². The molecule has 9 heteroatoms. The lowest BCUT2D eigenvalue weighted by Gasteiger charge is -2.14. The first kappa shape index (κ1) is 19.6. The first-order chi connectivity index (χ1) is 14.9. The van der Waals surface area contributed by atoms with E-state index in [0.29, 0.717) is 37.9 Å². The lowest BCUT2D eigenvalue weighted by atomic mass is 10.1. The van der Waals surface area contributed by atoms with Crippen LogP contribution in [0.1, 0.15) is 16.1 Å². The quantitative estimate of drug-likeness (QED) is 0.392. The van der Waals surface area contributed by atoms with Gasteiger partial charge in [0.25, 0.3) is 5.91 Å². The predicted molar refractivity (Wildman–Crippen MR) is 120 cm³/mol. The minimum Gasteiger partial charge on any atom is -0.477 e. The van der Waals surface area contributed by atoms with Gasteiger partial charge in [0.2, 0.25) is 0 Å². The van der Waals surface area contributed by atoms with Crippen LogP contribution in [-0.4, -0.2) is 33.5 Å². The van der Waals surface area contributed by atoms with Crippen LogP contribution in [0.4, 0.5) is 5.82 Å². The Labute approximate surface area is 185 Å². The number of pyridine rings is 1. The summed E-state index contributed by atoms with van der Waals surface area (Å²) in [6.45, 7) is 0.213. The number of nitrogens with zero attached hydrogens (tertiary/aromatic N) is 2. The van der Waals surface area contributed by atoms with Crippen molar-refractivity contribution in [2.45, 2.75) is 0 Å². The number of aromatic carboxylic acids is 1. The number of amides is 1. The van der Waals surface area contributed by atoms with Crippen molar-refractivity contribution in [3.05, 3.63) is 75.4 Å². The van der Waals surface area contributed by atoms with E-state index < -0.39 is 5.97 Å². The molecule has 1 saturated heterocycles. The van der Waals surface area contributed by atoms with E-state index in [1.165, 1.54) is 11.1 Å². The maximum atomic E-state index is 13.1. The van der Waals surface area contributed by atoms with E-state index in [0.717, 1.165) is 10.9 Å². The molecular weight excluding hydrogens is 439 g/mol. The minimum atomic E-state index is -1.17. The number of H-pyrrole nitrogens is 1. The molecule has 5 rings (SSSR count). The van der Waals surface area contributed by atoms with Gasteiger partial charge >= 0.3 is 5.97 Å². The van der Waals surface area contributed by atoms with Crippen LogP contribution in [-0.2, 0) is 4.79 Å². The molecule has 0 atom stereocenters. The van der Waals surface area contributed by atoms with Crippen LogP contribution in [0.15, 0.2) is 54.1 Å². The number of para-hydroxylation sites is 1. The van der Waals surface area contributed by atoms with Crippen LogP contribution in [0, 0.1) is 0 Å². The molecule has 31 heavy (non-hydrogen) atoms. The SMILES string of the molecule is O=C(O)c1[nH]c2cc(Cl)cc(Cl)c2c1C=C1CNN(c2ccc3ccccc3n2)C1=O. The second-order valence-electron chi connectivity index (χ2n) is 7.04. The van der Waals surface area contributed by atoms with E-state index in [1.54, 1.807) is 18.2 Å². The highest BCUT2D eigenvalue weighted by atomic mass is 35.5. The number of aromatic amines is 1. The third-order valence-corrected chi connectivity index (χ3v) is 5.62. The zero-order valence-corrected chi connectivity index (χ0v) is 17.3. The largest absolute Gasteiger partial charge is 0.477 e. The second kappa shape index (κ2) is 7.39. The molecule has 4 aromatic rings. The van der Waals surface area contributed by atoms with Crippen molar-refractivity contribution in [1.29, 1.82) is 0 Å². The van der Waals surface area contributed by atoms with Crippen LogP contribution in [0.3, 0.4) is 0 Å². The number of hydrogen-bond acceptors (Lipinski definition) is 4. The third-order valence-electron chi connectivity index (χ3n) is 5.10. The van der Waals surface area contributed by atoms with Gasteiger partial charge in [-0.2, -0.15) is 0 Å². The molecule has 0 unspecified atom stereocenters. The van der Waals surface area contributed by atoms with Crippen LogP contribution in [0.25, 0.3) is 27.9 Å². The van der Waals surface area contributed by atoms with Gasteiger partial charge in [-0.05, 0) is 36.4 Å². The van der Waals surface area contributed by atoms with Crippen molar-refractivity contribution in [1.82, 2.24) is 15.4 Å². The molecule has 0 saturated carbocycles. The highest BCUT2D eigenvalue weighted by molar-refractivity contribution is 6.39. The van der Waals surface area contributed by atoms with E-state index >= 15 is 0 Å². The predicted octanol–water partition coefficient (Wildman–Crippen LogP) is 4.66. The number of carboxylic acids is 1. The van der Waals surface area contributed by atoms with Crippen LogP contribution >= 0.6 is 23.2 Å². The number of hydrogen-bond donors (Lipinski definition) is 3. The van der Waals surface area contributed by atoms with Gasteiger partial charge in [-0.15, -0.1) is 0 Å². The number of hydrazine groups is 1. The Morgan fingerprint density at radius 1 is 1.16 bits per heavy atom. The van der Waals surface area contributed by atoms with Gasteiger partial charge in [-0.3, -0.25) is 4.79 Å². The van der Waals surface area contributed by atoms with E-state index in [1.807, 2.05) is 30.3 Å². The Hall–Kier alpha value is -3.39. The van der Waals surface area contributed by atoms with Gasteiger partial charge in [0.05, 0.1) is 10.5 Å². The van der Waals surface area contributed by atoms with E-state index in [-0.39, 0.29) is 18.1 Å². The molecule has 7 nitrogen and oxygen atoms in total. The lowest BCUT2D eigenvalue weighted by Crippen LogP contribution is -2.34. The summed E-state index contributed by atoms with van der Waals surface area (Å²) in [4.78, 5) is 32.2. The summed E-state index contributed by atoms with van der Waals surface area (Å²) in [6, 6.07) is 14.4. The summed E-state index contributed by atoms with van der Waals surface area (Å²) in [5.74, 6) is -1.03. The van der Waals surface area contributed by atoms with Gasteiger partial charge in [0, 0.05) is 39.0 Å². The van der Waals surface area contributed by atoms with E-state index in [9.17, 15) is 14.7 Å². The Balaban J connectivity index is 1.57. The van der Waals surface area contributed by atoms with Crippen molar-refractivity contribution in [2.24, 2.45) is 0 Å². The molecule has 0 radical (unpaired) electrons. The van der Waals surface area contributed by atoms with Gasteiger partial charge < -0.3 is 10.1 Å². The summed E-state index contributed by atoms with van der Waals surface area (Å²) in [7, 11) is 0. The average molecular weight is 453 g/mol. The highest BCUT2D eigenvalue weighted by Crippen LogP contribution is 2.34. The third kappa shape index (κ3) is 3.33. The van der Waals surface area contributed by atoms with Crippen LogP contribution in [0.5, 0.6) is 0 Å². The number of carbonyl (C=O) groups excluding carboxylic acids is 1. The Morgan fingerprint density at radius 3 is 2.77 bits per heavy atom. The number of anilines is 1. The molecule has 0 bridgehead atoms. The molecule has 2 aromatic carbocycles. The minimum absolute atomic E-state index is 0.0678. The summed E-state index contributed by atoms with van der Waals surface area (Å²) in [5, 5.41) is 13.1. The lowest BCUT2D eigenvalue weighted by molar-refractivity contribution is -0.114. The zero-order chi connectivity index (χ0) is 21.7. The number of benzene rings is 2. The molecular formula is C22H14Cl2N4O3. The summed E-state index contributed by atoms with van der Waals surface area (Å²) in [6.07, 6.45) is 1.54. The maximum Gasteiger partial charge on any atom is 0.352 e. The first-order valence-electron chi connectivity index (χ1n) is 9.31. The topological polar surface area (TPSA) is 98.3 Å². The molecule has 2 aromatic heterocycles. The maximum absolute atomic E-state index is 13.1. The fraction of sp³-hybridized carbons (Fsp3) is 0.0455. The molecule has 1 aliphatic heterocycles. The van der Waals surface area contributed by atoms with Gasteiger partial charge in [0.15, 0.2) is 5.82 Å². The summed E-state index contributed by atoms with van der Waals surface area (Å²) >= 11 is 12.4. The number of carbonyl (C=O) groups is 2. The highest BCUT2D eigenvalue weighted by Gasteiger charge is 2.29. The van der Waals surface area contributed by atoms with Crippen molar-refractivity contribution in [2.75, 3.05) is 11.6 Å². The molecule has 3 heterocycles. The molecule has 1 amide bonds. The molecule has 1 aliphatic rings.